The van der Waals surface area contributed by atoms with Crippen LogP contribution < -0.4 is 0 Å². The van der Waals surface area contributed by atoms with Crippen LogP contribution in [0.5, 0.6) is 0 Å². The normalized spacial score (nSPS) is 14.0. The van der Waals surface area contributed by atoms with Crippen LogP contribution in [0.1, 0.15) is 268 Å². The summed E-state index contributed by atoms with van der Waals surface area (Å²) in [4.78, 5) is 99.6. The van der Waals surface area contributed by atoms with Crippen molar-refractivity contribution < 1.29 is 86.5 Å². The SMILES string of the molecule is C=C(CCC)CC(CC(C)OC(=O)c1ccccc1)OC(=O)c1ccccc1.C=CC(CCC)C(CC(C)OC(=O)c1ccccc1)OC(=O)c1ccccc1.C=CCC(CCC)(CC(C)OC(=O)c1ccccc1)OC(=O)c1ccccc1.C=CCC(O)C(CCCC)C(C)O.C=CCC(OC(=O)c1ccccc1)C(CCC)C(C)OC(=O)c1ccccc1. The Morgan fingerprint density at radius 1 is 0.368 bits per heavy atom. The van der Waals surface area contributed by atoms with Crippen LogP contribution in [0.25, 0.3) is 0 Å². The standard InChI is InChI=1S/4C24H28O4.C11H22O2/c1-4-11-18(2)16-22(28-24(26)21-14-9-6-10-15-21)17-19(3)27-23(25)20-12-7-5-8-13-20;1-4-16-24(17-5-2,28-23(26)21-14-10-7-11-15-21)18-19(3)27-22(25)20-12-8-6-9-13-20;1-4-12-19(5-2)22(28-24(26)21-15-10-7-11-16-21)17-18(3)27-23(25)20-13-8-6-9-14-20;1-4-12-21(18(3)27-23(25)19-14-8-6-9-15-19)22(13-5-2)28-24(26)20-16-10-7-11-17-20;1-4-6-8-10(9(3)12)11(13)7-5-2/h5-10,12-15,19,22H,2,4,11,16-17H2,1,3H3;4,6-15,19H,1,5,16-18H2,2-3H3;5-11,13-16,18-19,22H,2,4,12,17H2,1,3H3;5-11,14-18,21-22H,2,4,12-13H2,1,3H3;5,9-13H,2,4,6-8H2,1,3H3. The highest BCUT2D eigenvalue weighted by molar-refractivity contribution is 5.93. The van der Waals surface area contributed by atoms with E-state index < -0.39 is 60.5 Å². The largest absolute Gasteiger partial charge is 0.459 e. The summed E-state index contributed by atoms with van der Waals surface area (Å²) in [6.45, 7) is 38.6. The summed E-state index contributed by atoms with van der Waals surface area (Å²) in [6.07, 6.45) is 16.5. The van der Waals surface area contributed by atoms with E-state index in [0.717, 1.165) is 69.8 Å². The predicted molar refractivity (Wildman–Crippen MR) is 496 cm³/mol. The minimum Gasteiger partial charge on any atom is -0.459 e. The van der Waals surface area contributed by atoms with Crippen molar-refractivity contribution in [2.24, 2.45) is 17.8 Å². The fraction of sp³-hybridized carbons (Fsp3) is 0.383. The van der Waals surface area contributed by atoms with Crippen molar-refractivity contribution in [3.8, 4) is 0 Å². The van der Waals surface area contributed by atoms with Gasteiger partial charge in [-0.05, 0) is 170 Å². The number of hydrogen-bond acceptors (Lipinski definition) is 18. The van der Waals surface area contributed by atoms with Gasteiger partial charge < -0.3 is 48.1 Å². The molecule has 2 N–H and O–H groups in total. The molecule has 13 atom stereocenters. The van der Waals surface area contributed by atoms with Crippen LogP contribution in [0.3, 0.4) is 0 Å². The Labute approximate surface area is 743 Å². The highest BCUT2D eigenvalue weighted by atomic mass is 16.6. The lowest BCUT2D eigenvalue weighted by Crippen LogP contribution is -2.39. The Hall–Kier alpha value is -11.9. The maximum Gasteiger partial charge on any atom is 0.338 e. The summed E-state index contributed by atoms with van der Waals surface area (Å²) >= 11 is 0. The van der Waals surface area contributed by atoms with E-state index in [1.807, 2.05) is 89.2 Å². The number of carbonyl (C=O) groups excluding carboxylic acids is 8. The minimum atomic E-state index is -0.764. The van der Waals surface area contributed by atoms with Crippen LogP contribution in [0.15, 0.2) is 305 Å². The number of benzene rings is 8. The van der Waals surface area contributed by atoms with Gasteiger partial charge in [-0.1, -0.05) is 255 Å². The maximum atomic E-state index is 12.7. The van der Waals surface area contributed by atoms with Gasteiger partial charge in [-0.25, -0.2) is 38.4 Å². The number of esters is 8. The molecule has 8 aromatic rings. The molecule has 0 spiro atoms. The Morgan fingerprint density at radius 3 is 1.06 bits per heavy atom. The predicted octanol–water partition coefficient (Wildman–Crippen LogP) is 24.2. The average molecular weight is 1710 g/mol. The first-order valence-corrected chi connectivity index (χ1v) is 43.8. The smallest absolute Gasteiger partial charge is 0.338 e. The molecule has 0 bridgehead atoms. The van der Waals surface area contributed by atoms with Gasteiger partial charge in [-0.3, -0.25) is 0 Å². The maximum absolute atomic E-state index is 12.7. The van der Waals surface area contributed by atoms with Crippen LogP contribution >= 0.6 is 0 Å². The van der Waals surface area contributed by atoms with E-state index in [4.69, 9.17) is 37.9 Å². The lowest BCUT2D eigenvalue weighted by Gasteiger charge is -2.34. The second-order valence-electron chi connectivity index (χ2n) is 31.1. The van der Waals surface area contributed by atoms with Crippen LogP contribution in [0, 0.1) is 17.8 Å². The molecule has 18 heteroatoms. The number of carbonyl (C=O) groups is 8. The molecule has 0 aliphatic rings. The number of rotatable bonds is 47. The van der Waals surface area contributed by atoms with Crippen molar-refractivity contribution in [1.82, 2.24) is 0 Å². The minimum absolute atomic E-state index is 0.00190. The molecule has 0 aliphatic carbocycles. The van der Waals surface area contributed by atoms with Crippen molar-refractivity contribution in [1.29, 1.82) is 0 Å². The second kappa shape index (κ2) is 60.6. The lowest BCUT2D eigenvalue weighted by atomic mass is 9.87. The lowest BCUT2D eigenvalue weighted by molar-refractivity contribution is -0.0492. The summed E-state index contributed by atoms with van der Waals surface area (Å²) in [5.41, 5.74) is 4.27. The molecule has 8 aromatic carbocycles. The van der Waals surface area contributed by atoms with Gasteiger partial charge in [-0.2, -0.15) is 0 Å². The molecule has 0 saturated heterocycles. The summed E-state index contributed by atoms with van der Waals surface area (Å²) in [7, 11) is 0. The van der Waals surface area contributed by atoms with Gasteiger partial charge in [0.05, 0.1) is 56.7 Å². The third kappa shape index (κ3) is 40.6. The van der Waals surface area contributed by atoms with Gasteiger partial charge in [0.15, 0.2) is 0 Å². The molecule has 0 amide bonds. The Bertz CT molecular complexity index is 4380. The zero-order valence-corrected chi connectivity index (χ0v) is 75.0. The molecule has 0 aliphatic heterocycles. The molecule has 13 unspecified atom stereocenters. The molecule has 0 fully saturated rings. The van der Waals surface area contributed by atoms with E-state index in [2.05, 4.69) is 60.6 Å². The Balaban J connectivity index is 0.000000334. The van der Waals surface area contributed by atoms with E-state index >= 15 is 0 Å². The number of ether oxygens (including phenoxy) is 8. The average Bonchev–Trinajstić information content (AvgIpc) is 0.831. The zero-order valence-electron chi connectivity index (χ0n) is 75.0. The third-order valence-corrected chi connectivity index (χ3v) is 20.5. The Kier molecular flexibility index (Phi) is 51.2. The van der Waals surface area contributed by atoms with E-state index in [0.29, 0.717) is 95.9 Å². The highest BCUT2D eigenvalue weighted by Gasteiger charge is 2.37. The van der Waals surface area contributed by atoms with Crippen molar-refractivity contribution in [3.05, 3.63) is 350 Å². The number of hydrogen-bond donors (Lipinski definition) is 2. The van der Waals surface area contributed by atoms with Gasteiger partial charge in [0.1, 0.15) is 48.3 Å². The van der Waals surface area contributed by atoms with E-state index in [1.54, 1.807) is 219 Å². The molecular weight excluding hydrogens is 1570 g/mol. The topological polar surface area (TPSA) is 251 Å². The molecule has 0 heterocycles. The van der Waals surface area contributed by atoms with Gasteiger partial charge in [0.2, 0.25) is 0 Å². The summed E-state index contributed by atoms with van der Waals surface area (Å²) in [5, 5.41) is 19.1. The van der Waals surface area contributed by atoms with Crippen LogP contribution in [-0.4, -0.2) is 119 Å². The summed E-state index contributed by atoms with van der Waals surface area (Å²) in [6, 6.07) is 71.1. The quantitative estimate of drug-likeness (QED) is 0.0204. The van der Waals surface area contributed by atoms with Crippen molar-refractivity contribution in [2.75, 3.05) is 0 Å². The van der Waals surface area contributed by atoms with Gasteiger partial charge in [-0.15, -0.1) is 26.3 Å². The van der Waals surface area contributed by atoms with E-state index in [-0.39, 0.29) is 65.5 Å². The fourth-order valence-corrected chi connectivity index (χ4v) is 14.2. The van der Waals surface area contributed by atoms with Crippen LogP contribution in [0.2, 0.25) is 0 Å². The van der Waals surface area contributed by atoms with Crippen LogP contribution in [0.4, 0.5) is 0 Å². The van der Waals surface area contributed by atoms with Crippen LogP contribution in [-0.2, 0) is 37.9 Å². The fourth-order valence-electron chi connectivity index (χ4n) is 14.2. The number of aliphatic hydroxyl groups is 2. The van der Waals surface area contributed by atoms with E-state index in [1.165, 1.54) is 0 Å². The van der Waals surface area contributed by atoms with E-state index in [9.17, 15) is 48.6 Å². The van der Waals surface area contributed by atoms with Gasteiger partial charge in [0, 0.05) is 56.3 Å². The Morgan fingerprint density at radius 2 is 0.720 bits per heavy atom. The highest BCUT2D eigenvalue weighted by Crippen LogP contribution is 2.33. The number of aliphatic hydroxyl groups excluding tert-OH is 2. The van der Waals surface area contributed by atoms with Gasteiger partial charge in [0.25, 0.3) is 0 Å². The zero-order chi connectivity index (χ0) is 91.7. The molecular formula is C107H134O18. The van der Waals surface area contributed by atoms with Crippen molar-refractivity contribution >= 4 is 47.8 Å². The first kappa shape index (κ1) is 105. The molecule has 8 rings (SSSR count). The molecule has 670 valence electrons. The molecule has 0 radical (unpaired) electrons. The third-order valence-electron chi connectivity index (χ3n) is 20.5. The number of unbranched alkanes of at least 4 members (excludes halogenated alkanes) is 1. The second-order valence-corrected chi connectivity index (χ2v) is 31.1. The van der Waals surface area contributed by atoms with Gasteiger partial charge >= 0.3 is 47.8 Å². The monoisotopic (exact) mass is 1710 g/mol. The first-order chi connectivity index (χ1) is 60.2. The van der Waals surface area contributed by atoms with Crippen molar-refractivity contribution in [2.45, 2.75) is 245 Å². The molecule has 0 saturated carbocycles. The molecule has 125 heavy (non-hydrogen) atoms. The molecule has 0 aromatic heterocycles. The molecule has 18 nitrogen and oxygen atoms in total. The summed E-state index contributed by atoms with van der Waals surface area (Å²) in [5.74, 6) is -3.16. The summed E-state index contributed by atoms with van der Waals surface area (Å²) < 4.78 is 45.7. The van der Waals surface area contributed by atoms with Crippen molar-refractivity contribution in [3.63, 3.8) is 0 Å². The first-order valence-electron chi connectivity index (χ1n) is 43.8.